The van der Waals surface area contributed by atoms with Crippen molar-refractivity contribution in [3.8, 4) is 5.75 Å². The Morgan fingerprint density at radius 2 is 2.16 bits per heavy atom. The molecule has 1 saturated heterocycles. The third-order valence-electron chi connectivity index (χ3n) is 3.05. The smallest absolute Gasteiger partial charge is 0.239 e. The third-order valence-corrected chi connectivity index (χ3v) is 3.36. The highest BCUT2D eigenvalue weighted by Crippen LogP contribution is 2.26. The Hall–Kier alpha value is -0.970. The van der Waals surface area contributed by atoms with Gasteiger partial charge in [0.15, 0.2) is 0 Å². The van der Waals surface area contributed by atoms with Gasteiger partial charge in [0.05, 0.1) is 24.2 Å². The minimum Gasteiger partial charge on any atom is -0.485 e. The molecule has 1 aliphatic rings. The first kappa shape index (κ1) is 16.1. The minimum absolute atomic E-state index is 0. The molecule has 1 fully saturated rings. The van der Waals surface area contributed by atoms with Crippen LogP contribution in [0.5, 0.6) is 5.75 Å². The number of nitrogens with two attached hydrogens (primary N) is 1. The van der Waals surface area contributed by atoms with Crippen molar-refractivity contribution in [3.05, 3.63) is 29.3 Å². The minimum atomic E-state index is -0.397. The second-order valence-electron chi connectivity index (χ2n) is 4.43. The molecule has 19 heavy (non-hydrogen) atoms. The van der Waals surface area contributed by atoms with E-state index >= 15 is 0 Å². The Bertz CT molecular complexity index is 436. The number of rotatable bonds is 4. The number of nitrogens with zero attached hydrogens (tertiary/aromatic N) is 1. The van der Waals surface area contributed by atoms with Crippen molar-refractivity contribution < 1.29 is 9.53 Å². The largest absolute Gasteiger partial charge is 0.485 e. The van der Waals surface area contributed by atoms with Crippen LogP contribution in [0, 0.1) is 0 Å². The molecule has 2 N–H and O–H groups in total. The number of hydrogen-bond acceptors (Lipinski definition) is 3. The van der Waals surface area contributed by atoms with E-state index in [1.54, 1.807) is 11.0 Å². The van der Waals surface area contributed by atoms with Crippen LogP contribution in [0.2, 0.25) is 5.02 Å². The van der Waals surface area contributed by atoms with Crippen molar-refractivity contribution in [3.63, 3.8) is 0 Å². The number of carbonyl (C=O) groups is 1. The van der Waals surface area contributed by atoms with E-state index < -0.39 is 6.04 Å². The molecule has 1 atom stereocenters. The molecule has 1 amide bonds. The fourth-order valence-electron chi connectivity index (χ4n) is 1.82. The molecule has 1 unspecified atom stereocenters. The summed E-state index contributed by atoms with van der Waals surface area (Å²) in [5.74, 6) is 0.660. The van der Waals surface area contributed by atoms with Crippen LogP contribution in [0.4, 0.5) is 0 Å². The summed E-state index contributed by atoms with van der Waals surface area (Å²) in [6.45, 7) is 3.07. The van der Waals surface area contributed by atoms with E-state index in [9.17, 15) is 4.79 Å². The Balaban J connectivity index is 0.00000180. The Morgan fingerprint density at radius 1 is 1.53 bits per heavy atom. The van der Waals surface area contributed by atoms with Gasteiger partial charge in [-0.15, -0.1) is 12.4 Å². The monoisotopic (exact) mass is 304 g/mol. The number of amides is 1. The average molecular weight is 305 g/mol. The van der Waals surface area contributed by atoms with Gasteiger partial charge in [-0.2, -0.15) is 0 Å². The number of hydrogen-bond donors (Lipinski definition) is 1. The first-order chi connectivity index (χ1) is 8.61. The highest BCUT2D eigenvalue weighted by molar-refractivity contribution is 6.32. The van der Waals surface area contributed by atoms with Gasteiger partial charge < -0.3 is 15.4 Å². The summed E-state index contributed by atoms with van der Waals surface area (Å²) in [5, 5.41) is 0.590. The van der Waals surface area contributed by atoms with E-state index in [1.165, 1.54) is 0 Å². The van der Waals surface area contributed by atoms with Gasteiger partial charge in [0, 0.05) is 0 Å². The summed E-state index contributed by atoms with van der Waals surface area (Å²) in [6, 6.07) is 6.93. The Labute approximate surface area is 124 Å². The highest BCUT2D eigenvalue weighted by atomic mass is 35.5. The van der Waals surface area contributed by atoms with Gasteiger partial charge in [-0.25, -0.2) is 0 Å². The number of carbonyl (C=O) groups excluding carboxylic acids is 1. The van der Waals surface area contributed by atoms with Crippen LogP contribution < -0.4 is 10.5 Å². The van der Waals surface area contributed by atoms with Crippen molar-refractivity contribution >= 4 is 29.9 Å². The maximum absolute atomic E-state index is 11.7. The maximum Gasteiger partial charge on any atom is 0.239 e. The standard InChI is InChI=1S/C13H17ClN2O2.ClH/c1-2-11(15)13(17)16-7-9(8-16)18-12-6-4-3-5-10(12)14;/h3-6,9,11H,2,7-8,15H2,1H3;1H. The maximum atomic E-state index is 11.7. The van der Waals surface area contributed by atoms with Gasteiger partial charge in [-0.3, -0.25) is 4.79 Å². The molecule has 0 saturated carbocycles. The normalized spacial score (nSPS) is 16.3. The van der Waals surface area contributed by atoms with Crippen LogP contribution in [-0.2, 0) is 4.79 Å². The zero-order valence-electron chi connectivity index (χ0n) is 10.7. The predicted molar refractivity (Wildman–Crippen MR) is 78.0 cm³/mol. The summed E-state index contributed by atoms with van der Waals surface area (Å²) in [5.41, 5.74) is 5.70. The molecule has 1 aromatic rings. The van der Waals surface area contributed by atoms with Crippen LogP contribution in [-0.4, -0.2) is 36.0 Å². The fourth-order valence-corrected chi connectivity index (χ4v) is 2.00. The number of para-hydroxylation sites is 1. The van der Waals surface area contributed by atoms with Gasteiger partial charge in [-0.1, -0.05) is 30.7 Å². The molecule has 0 bridgehead atoms. The topological polar surface area (TPSA) is 55.6 Å². The second kappa shape index (κ2) is 6.98. The molecule has 0 aromatic heterocycles. The third kappa shape index (κ3) is 3.75. The van der Waals surface area contributed by atoms with Crippen molar-refractivity contribution in [2.24, 2.45) is 5.73 Å². The van der Waals surface area contributed by atoms with E-state index in [1.807, 2.05) is 25.1 Å². The SMILES string of the molecule is CCC(N)C(=O)N1CC(Oc2ccccc2Cl)C1.Cl. The van der Waals surface area contributed by atoms with Crippen molar-refractivity contribution in [2.75, 3.05) is 13.1 Å². The molecule has 0 aliphatic carbocycles. The van der Waals surface area contributed by atoms with Crippen molar-refractivity contribution in [2.45, 2.75) is 25.5 Å². The van der Waals surface area contributed by atoms with E-state index in [0.717, 1.165) is 0 Å². The average Bonchev–Trinajstić information content (AvgIpc) is 2.33. The van der Waals surface area contributed by atoms with Gasteiger partial charge in [0.1, 0.15) is 11.9 Å². The van der Waals surface area contributed by atoms with Gasteiger partial charge >= 0.3 is 0 Å². The van der Waals surface area contributed by atoms with Crippen LogP contribution in [0.1, 0.15) is 13.3 Å². The van der Waals surface area contributed by atoms with E-state index in [2.05, 4.69) is 0 Å². The molecular weight excluding hydrogens is 287 g/mol. The van der Waals surface area contributed by atoms with Crippen LogP contribution >= 0.6 is 24.0 Å². The lowest BCUT2D eigenvalue weighted by Gasteiger charge is -2.40. The lowest BCUT2D eigenvalue weighted by molar-refractivity contribution is -0.141. The number of benzene rings is 1. The highest BCUT2D eigenvalue weighted by Gasteiger charge is 2.34. The van der Waals surface area contributed by atoms with E-state index in [4.69, 9.17) is 22.1 Å². The first-order valence-electron chi connectivity index (χ1n) is 6.07. The molecule has 2 rings (SSSR count). The Morgan fingerprint density at radius 3 is 2.74 bits per heavy atom. The van der Waals surface area contributed by atoms with Crippen LogP contribution in [0.25, 0.3) is 0 Å². The quantitative estimate of drug-likeness (QED) is 0.926. The molecule has 6 heteroatoms. The number of ether oxygens (including phenoxy) is 1. The molecule has 0 radical (unpaired) electrons. The predicted octanol–water partition coefficient (Wildman–Crippen LogP) is 2.09. The molecule has 4 nitrogen and oxygen atoms in total. The zero-order valence-corrected chi connectivity index (χ0v) is 12.3. The molecular formula is C13H18Cl2N2O2. The summed E-state index contributed by atoms with van der Waals surface area (Å²) >= 11 is 6.00. The van der Waals surface area contributed by atoms with E-state index in [-0.39, 0.29) is 24.4 Å². The molecule has 1 aliphatic heterocycles. The zero-order chi connectivity index (χ0) is 13.1. The lowest BCUT2D eigenvalue weighted by atomic mass is 10.1. The summed E-state index contributed by atoms with van der Waals surface area (Å²) < 4.78 is 5.71. The van der Waals surface area contributed by atoms with Crippen LogP contribution in [0.15, 0.2) is 24.3 Å². The summed E-state index contributed by atoms with van der Waals surface area (Å²) in [7, 11) is 0. The van der Waals surface area contributed by atoms with Gasteiger partial charge in [0.2, 0.25) is 5.91 Å². The van der Waals surface area contributed by atoms with Gasteiger partial charge in [-0.05, 0) is 18.6 Å². The summed E-state index contributed by atoms with van der Waals surface area (Å²) in [6.07, 6.45) is 0.670. The van der Waals surface area contributed by atoms with Crippen molar-refractivity contribution in [1.29, 1.82) is 0 Å². The molecule has 1 heterocycles. The second-order valence-corrected chi connectivity index (χ2v) is 4.84. The molecule has 1 aromatic carbocycles. The van der Waals surface area contributed by atoms with Crippen LogP contribution in [0.3, 0.4) is 0 Å². The van der Waals surface area contributed by atoms with E-state index in [0.29, 0.717) is 30.3 Å². The number of likely N-dealkylation sites (tertiary alicyclic amines) is 1. The van der Waals surface area contributed by atoms with Crippen molar-refractivity contribution in [1.82, 2.24) is 4.90 Å². The fraction of sp³-hybridized carbons (Fsp3) is 0.462. The molecule has 106 valence electrons. The Kier molecular flexibility index (Phi) is 5.91. The lowest BCUT2D eigenvalue weighted by Crippen LogP contribution is -2.59. The first-order valence-corrected chi connectivity index (χ1v) is 6.45. The molecule has 0 spiro atoms. The summed E-state index contributed by atoms with van der Waals surface area (Å²) in [4.78, 5) is 13.5. The van der Waals surface area contributed by atoms with Gasteiger partial charge in [0.25, 0.3) is 0 Å². The number of halogens is 2.